The molecule has 5 heteroatoms. The minimum atomic E-state index is -0.0586. The van der Waals surface area contributed by atoms with E-state index in [2.05, 4.69) is 0 Å². The Labute approximate surface area is 121 Å². The molecule has 2 amide bonds. The highest BCUT2D eigenvalue weighted by Gasteiger charge is 2.26. The monoisotopic (exact) mass is 282 g/mol. The Morgan fingerprint density at radius 3 is 1.55 bits per heavy atom. The third-order valence-electron chi connectivity index (χ3n) is 3.25. The van der Waals surface area contributed by atoms with Crippen molar-refractivity contribution in [3.05, 3.63) is 0 Å². The molecule has 0 aromatic heterocycles. The molecule has 1 aliphatic rings. The van der Waals surface area contributed by atoms with Crippen LogP contribution in [-0.4, -0.2) is 53.6 Å². The second-order valence-corrected chi connectivity index (χ2v) is 6.37. The zero-order valence-electron chi connectivity index (χ0n) is 13.0. The molecule has 5 nitrogen and oxygen atoms in total. The molecule has 0 aromatic carbocycles. The molecule has 0 aromatic rings. The number of ketones is 1. The summed E-state index contributed by atoms with van der Waals surface area (Å²) in [5, 5.41) is 0. The van der Waals surface area contributed by atoms with Crippen LogP contribution in [0.3, 0.4) is 0 Å². The zero-order chi connectivity index (χ0) is 15.3. The summed E-state index contributed by atoms with van der Waals surface area (Å²) < 4.78 is 0. The average Bonchev–Trinajstić information content (AvgIpc) is 2.49. The Morgan fingerprint density at radius 1 is 0.900 bits per heavy atom. The maximum atomic E-state index is 12.0. The predicted molar refractivity (Wildman–Crippen MR) is 77.1 cm³/mol. The number of nitrogens with zero attached hydrogens (tertiary/aromatic N) is 2. The Balaban J connectivity index is 2.62. The van der Waals surface area contributed by atoms with Gasteiger partial charge in [0.2, 0.25) is 11.8 Å². The molecule has 1 heterocycles. The maximum absolute atomic E-state index is 12.0. The van der Waals surface area contributed by atoms with E-state index in [1.54, 1.807) is 9.80 Å². The topological polar surface area (TPSA) is 57.7 Å². The lowest BCUT2D eigenvalue weighted by molar-refractivity contribution is -0.135. The van der Waals surface area contributed by atoms with Crippen LogP contribution in [0.25, 0.3) is 0 Å². The highest BCUT2D eigenvalue weighted by molar-refractivity contribution is 5.90. The molecular weight excluding hydrogens is 256 g/mol. The molecule has 0 aliphatic carbocycles. The molecule has 1 aliphatic heterocycles. The van der Waals surface area contributed by atoms with Gasteiger partial charge < -0.3 is 9.80 Å². The fourth-order valence-electron chi connectivity index (χ4n) is 2.26. The van der Waals surface area contributed by atoms with E-state index >= 15 is 0 Å². The third-order valence-corrected chi connectivity index (χ3v) is 3.25. The van der Waals surface area contributed by atoms with Crippen LogP contribution >= 0.6 is 0 Å². The molecule has 1 rings (SSSR count). The summed E-state index contributed by atoms with van der Waals surface area (Å²) in [6, 6.07) is 0. The Kier molecular flexibility index (Phi) is 6.17. The first-order chi connectivity index (χ1) is 9.29. The summed E-state index contributed by atoms with van der Waals surface area (Å²) in [5.74, 6) is 0.508. The van der Waals surface area contributed by atoms with E-state index in [9.17, 15) is 14.4 Å². The van der Waals surface area contributed by atoms with Crippen LogP contribution in [0.2, 0.25) is 0 Å². The molecule has 0 bridgehead atoms. The second-order valence-electron chi connectivity index (χ2n) is 6.37. The zero-order valence-corrected chi connectivity index (χ0v) is 13.0. The van der Waals surface area contributed by atoms with Crippen molar-refractivity contribution in [2.24, 2.45) is 11.8 Å². The van der Waals surface area contributed by atoms with Crippen molar-refractivity contribution in [3.63, 3.8) is 0 Å². The van der Waals surface area contributed by atoms with E-state index < -0.39 is 0 Å². The van der Waals surface area contributed by atoms with Gasteiger partial charge in [-0.1, -0.05) is 27.7 Å². The van der Waals surface area contributed by atoms with Gasteiger partial charge in [-0.2, -0.15) is 0 Å². The molecule has 0 atom stereocenters. The van der Waals surface area contributed by atoms with Gasteiger partial charge in [0.05, 0.1) is 13.1 Å². The number of carbonyl (C=O) groups is 3. The van der Waals surface area contributed by atoms with E-state index in [4.69, 9.17) is 0 Å². The summed E-state index contributed by atoms with van der Waals surface area (Å²) >= 11 is 0. The van der Waals surface area contributed by atoms with Crippen molar-refractivity contribution in [3.8, 4) is 0 Å². The lowest BCUT2D eigenvalue weighted by atomic mass is 10.1. The largest absolute Gasteiger partial charge is 0.334 e. The van der Waals surface area contributed by atoms with E-state index in [0.29, 0.717) is 25.9 Å². The summed E-state index contributed by atoms with van der Waals surface area (Å²) in [7, 11) is 0. The number of carbonyl (C=O) groups excluding carboxylic acids is 3. The van der Waals surface area contributed by atoms with Crippen molar-refractivity contribution in [2.45, 2.75) is 40.5 Å². The van der Waals surface area contributed by atoms with Gasteiger partial charge in [-0.15, -0.1) is 0 Å². The van der Waals surface area contributed by atoms with Gasteiger partial charge >= 0.3 is 0 Å². The first kappa shape index (κ1) is 16.7. The van der Waals surface area contributed by atoms with Gasteiger partial charge in [-0.05, 0) is 11.8 Å². The van der Waals surface area contributed by atoms with Gasteiger partial charge in [0.1, 0.15) is 0 Å². The van der Waals surface area contributed by atoms with Gasteiger partial charge in [0.25, 0.3) is 0 Å². The Hall–Kier alpha value is -1.39. The summed E-state index contributed by atoms with van der Waals surface area (Å²) in [6.07, 6.45) is 0.903. The first-order valence-electron chi connectivity index (χ1n) is 7.36. The number of amides is 2. The van der Waals surface area contributed by atoms with Crippen molar-refractivity contribution in [2.75, 3.05) is 26.2 Å². The molecule has 0 spiro atoms. The van der Waals surface area contributed by atoms with E-state index in [1.165, 1.54) is 0 Å². The van der Waals surface area contributed by atoms with E-state index in [1.807, 2.05) is 27.7 Å². The van der Waals surface area contributed by atoms with Crippen molar-refractivity contribution in [1.29, 1.82) is 0 Å². The Morgan fingerprint density at radius 2 is 1.25 bits per heavy atom. The van der Waals surface area contributed by atoms with Gasteiger partial charge in [0.15, 0.2) is 5.78 Å². The summed E-state index contributed by atoms with van der Waals surface area (Å²) in [5.41, 5.74) is 0. The molecule has 1 fully saturated rings. The van der Waals surface area contributed by atoms with Crippen LogP contribution in [0.5, 0.6) is 0 Å². The number of rotatable bonds is 4. The lowest BCUT2D eigenvalue weighted by Gasteiger charge is -2.22. The number of hydrogen-bond acceptors (Lipinski definition) is 3. The smallest absolute Gasteiger partial charge is 0.223 e. The quantitative estimate of drug-likeness (QED) is 0.781. The maximum Gasteiger partial charge on any atom is 0.223 e. The van der Waals surface area contributed by atoms with Crippen LogP contribution < -0.4 is 0 Å². The first-order valence-corrected chi connectivity index (χ1v) is 7.36. The summed E-state index contributed by atoms with van der Waals surface area (Å²) in [6.45, 7) is 9.12. The fraction of sp³-hybridized carbons (Fsp3) is 0.800. The predicted octanol–water partition coefficient (Wildman–Crippen LogP) is 1.32. The van der Waals surface area contributed by atoms with E-state index in [-0.39, 0.29) is 42.5 Å². The van der Waals surface area contributed by atoms with Gasteiger partial charge in [-0.25, -0.2) is 0 Å². The highest BCUT2D eigenvalue weighted by Crippen LogP contribution is 2.10. The van der Waals surface area contributed by atoms with Crippen LogP contribution in [-0.2, 0) is 14.4 Å². The van der Waals surface area contributed by atoms with Crippen molar-refractivity contribution in [1.82, 2.24) is 9.80 Å². The molecule has 114 valence electrons. The van der Waals surface area contributed by atoms with Crippen molar-refractivity contribution >= 4 is 17.6 Å². The lowest BCUT2D eigenvalue weighted by Crippen LogP contribution is -2.37. The molecular formula is C15H26N2O3. The molecule has 0 radical (unpaired) electrons. The average molecular weight is 282 g/mol. The third kappa shape index (κ3) is 5.31. The molecule has 0 N–H and O–H groups in total. The molecule has 1 saturated heterocycles. The molecule has 0 saturated carbocycles. The van der Waals surface area contributed by atoms with Crippen LogP contribution in [0.4, 0.5) is 0 Å². The van der Waals surface area contributed by atoms with Gasteiger partial charge in [-0.3, -0.25) is 14.4 Å². The van der Waals surface area contributed by atoms with E-state index in [0.717, 1.165) is 0 Å². The highest BCUT2D eigenvalue weighted by atomic mass is 16.2. The standard InChI is InChI=1S/C15H26N2O3/c1-11(2)7-14(19)16-5-6-17(10-13(18)9-16)15(20)8-12(3)4/h11-12H,5-10H2,1-4H3. The summed E-state index contributed by atoms with van der Waals surface area (Å²) in [4.78, 5) is 39.1. The van der Waals surface area contributed by atoms with Crippen molar-refractivity contribution < 1.29 is 14.4 Å². The fourth-order valence-corrected chi connectivity index (χ4v) is 2.26. The molecule has 20 heavy (non-hydrogen) atoms. The van der Waals surface area contributed by atoms with Crippen LogP contribution in [0.1, 0.15) is 40.5 Å². The number of hydrogen-bond donors (Lipinski definition) is 0. The number of Topliss-reactive ketones (excluding diaryl/α,β-unsaturated/α-hetero) is 1. The minimum absolute atomic E-state index is 0.00603. The normalized spacial score (nSPS) is 16.8. The molecule has 0 unspecified atom stereocenters. The minimum Gasteiger partial charge on any atom is -0.334 e. The second kappa shape index (κ2) is 7.41. The SMILES string of the molecule is CC(C)CC(=O)N1CCN(C(=O)CC(C)C)CC(=O)C1. The van der Waals surface area contributed by atoms with Crippen LogP contribution in [0, 0.1) is 11.8 Å². The Bertz CT molecular complexity index is 343. The van der Waals surface area contributed by atoms with Crippen LogP contribution in [0.15, 0.2) is 0 Å². The van der Waals surface area contributed by atoms with Gasteiger partial charge in [0, 0.05) is 25.9 Å².